The molecule has 0 aliphatic heterocycles. The zero-order valence-corrected chi connectivity index (χ0v) is 12.0. The molecule has 0 radical (unpaired) electrons. The van der Waals surface area contributed by atoms with Gasteiger partial charge in [-0.25, -0.2) is 4.79 Å². The van der Waals surface area contributed by atoms with Gasteiger partial charge in [-0.3, -0.25) is 4.79 Å². The lowest BCUT2D eigenvalue weighted by atomic mass is 10.1. The van der Waals surface area contributed by atoms with Crippen molar-refractivity contribution in [3.63, 3.8) is 0 Å². The van der Waals surface area contributed by atoms with Gasteiger partial charge in [0.15, 0.2) is 0 Å². The fourth-order valence-corrected chi connectivity index (χ4v) is 1.63. The molecule has 0 aromatic heterocycles. The summed E-state index contributed by atoms with van der Waals surface area (Å²) in [5, 5.41) is 11.5. The third-order valence-electron chi connectivity index (χ3n) is 2.58. The average Bonchev–Trinajstić information content (AvgIpc) is 2.24. The Bertz CT molecular complexity index is 291. The van der Waals surface area contributed by atoms with Crippen LogP contribution in [0.3, 0.4) is 0 Å². The number of rotatable bonds is 8. The molecule has 106 valence electrons. The van der Waals surface area contributed by atoms with Crippen molar-refractivity contribution >= 4 is 24.3 Å². The normalized spacial score (nSPS) is 11.6. The Morgan fingerprint density at radius 2 is 1.83 bits per heavy atom. The molecule has 0 bridgehead atoms. The molecule has 0 saturated heterocycles. The quantitative estimate of drug-likeness (QED) is 0.657. The van der Waals surface area contributed by atoms with Crippen LogP contribution in [0.2, 0.25) is 0 Å². The summed E-state index contributed by atoms with van der Waals surface area (Å²) in [5.41, 5.74) is 0.121. The summed E-state index contributed by atoms with van der Waals surface area (Å²) in [6.45, 7) is 11.3. The van der Waals surface area contributed by atoms with Crippen LogP contribution in [0.4, 0.5) is 0 Å². The number of likely N-dealkylation sites (N-methyl/N-ethyl adjacent to an activating group) is 1. The van der Waals surface area contributed by atoms with Gasteiger partial charge in [0, 0.05) is 31.5 Å². The minimum Gasteiger partial charge on any atom is -0.478 e. The molecule has 6 heteroatoms. The van der Waals surface area contributed by atoms with E-state index in [0.29, 0.717) is 6.54 Å². The molecule has 0 fully saturated rings. The van der Waals surface area contributed by atoms with Crippen LogP contribution in [0.1, 0.15) is 27.2 Å². The summed E-state index contributed by atoms with van der Waals surface area (Å²) in [5.74, 6) is -1.17. The molecular weight excluding hydrogens is 256 g/mol. The van der Waals surface area contributed by atoms with Gasteiger partial charge in [-0.2, -0.15) is 0 Å². The Morgan fingerprint density at radius 1 is 1.33 bits per heavy atom. The van der Waals surface area contributed by atoms with Gasteiger partial charge in [0.05, 0.1) is 0 Å². The van der Waals surface area contributed by atoms with E-state index in [9.17, 15) is 9.59 Å². The highest BCUT2D eigenvalue weighted by Crippen LogP contribution is 2.06. The third-order valence-corrected chi connectivity index (χ3v) is 2.58. The summed E-state index contributed by atoms with van der Waals surface area (Å²) in [6.07, 6.45) is 0.269. The van der Waals surface area contributed by atoms with Crippen molar-refractivity contribution in [2.24, 2.45) is 0 Å². The van der Waals surface area contributed by atoms with Gasteiger partial charge in [0.2, 0.25) is 5.91 Å². The lowest BCUT2D eigenvalue weighted by Gasteiger charge is -2.25. The highest BCUT2D eigenvalue weighted by molar-refractivity contribution is 5.86. The largest absolute Gasteiger partial charge is 0.478 e. The van der Waals surface area contributed by atoms with Crippen LogP contribution in [-0.2, 0) is 9.59 Å². The first-order valence-corrected chi connectivity index (χ1v) is 5.81. The first-order valence-electron chi connectivity index (χ1n) is 5.81. The SMILES string of the molecule is C=C(CC(CN(CC)CC)NC(C)=O)C(=O)O.Cl. The van der Waals surface area contributed by atoms with E-state index >= 15 is 0 Å². The van der Waals surface area contributed by atoms with Gasteiger partial charge < -0.3 is 15.3 Å². The van der Waals surface area contributed by atoms with Gasteiger partial charge in [-0.05, 0) is 13.1 Å². The number of carboxylic acids is 1. The number of carboxylic acid groups (broad SMARTS) is 1. The second kappa shape index (κ2) is 9.91. The van der Waals surface area contributed by atoms with Gasteiger partial charge in [-0.1, -0.05) is 20.4 Å². The Balaban J connectivity index is 0. The molecule has 1 amide bonds. The number of halogens is 1. The van der Waals surface area contributed by atoms with E-state index in [-0.39, 0.29) is 36.3 Å². The van der Waals surface area contributed by atoms with Crippen molar-refractivity contribution in [1.82, 2.24) is 10.2 Å². The van der Waals surface area contributed by atoms with Crippen LogP contribution in [0.5, 0.6) is 0 Å². The summed E-state index contributed by atoms with van der Waals surface area (Å²) in [7, 11) is 0. The standard InChI is InChI=1S/C12H22N2O3.ClH/c1-5-14(6-2)8-11(13-10(4)15)7-9(3)12(16)17;/h11H,3,5-8H2,1-2,4H3,(H,13,15)(H,16,17);1H. The molecule has 0 aliphatic carbocycles. The molecule has 0 aromatic carbocycles. The average molecular weight is 279 g/mol. The maximum absolute atomic E-state index is 11.1. The van der Waals surface area contributed by atoms with Crippen LogP contribution in [0.15, 0.2) is 12.2 Å². The first kappa shape index (κ1) is 19.3. The molecule has 0 heterocycles. The minimum absolute atomic E-state index is 0. The predicted octanol–water partition coefficient (Wildman–Crippen LogP) is 1.29. The number of carbonyl (C=O) groups excluding carboxylic acids is 1. The van der Waals surface area contributed by atoms with Crippen LogP contribution >= 0.6 is 12.4 Å². The Labute approximate surface area is 115 Å². The summed E-state index contributed by atoms with van der Waals surface area (Å²) in [6, 6.07) is -0.198. The minimum atomic E-state index is -1.01. The van der Waals surface area contributed by atoms with E-state index < -0.39 is 5.97 Å². The molecule has 2 N–H and O–H groups in total. The number of carbonyl (C=O) groups is 2. The van der Waals surface area contributed by atoms with Crippen molar-refractivity contribution in [2.45, 2.75) is 33.2 Å². The van der Waals surface area contributed by atoms with Gasteiger partial charge in [-0.15, -0.1) is 12.4 Å². The smallest absolute Gasteiger partial charge is 0.331 e. The fourth-order valence-electron chi connectivity index (χ4n) is 1.63. The van der Waals surface area contributed by atoms with Crippen molar-refractivity contribution in [3.8, 4) is 0 Å². The lowest BCUT2D eigenvalue weighted by Crippen LogP contribution is -2.43. The van der Waals surface area contributed by atoms with Gasteiger partial charge in [0.25, 0.3) is 0 Å². The summed E-state index contributed by atoms with van der Waals surface area (Å²) >= 11 is 0. The van der Waals surface area contributed by atoms with E-state index in [1.807, 2.05) is 13.8 Å². The second-order valence-electron chi connectivity index (χ2n) is 4.00. The van der Waals surface area contributed by atoms with Crippen molar-refractivity contribution in [2.75, 3.05) is 19.6 Å². The molecule has 5 nitrogen and oxygen atoms in total. The lowest BCUT2D eigenvalue weighted by molar-refractivity contribution is -0.133. The maximum atomic E-state index is 11.1. The maximum Gasteiger partial charge on any atom is 0.331 e. The fraction of sp³-hybridized carbons (Fsp3) is 0.667. The molecule has 0 saturated carbocycles. The predicted molar refractivity (Wildman–Crippen MR) is 74.0 cm³/mol. The van der Waals surface area contributed by atoms with Crippen molar-refractivity contribution in [3.05, 3.63) is 12.2 Å². The van der Waals surface area contributed by atoms with Crippen LogP contribution in [-0.4, -0.2) is 47.6 Å². The van der Waals surface area contributed by atoms with E-state index in [0.717, 1.165) is 13.1 Å². The second-order valence-corrected chi connectivity index (χ2v) is 4.00. The van der Waals surface area contributed by atoms with Gasteiger partial charge in [0.1, 0.15) is 0 Å². The number of hydrogen-bond acceptors (Lipinski definition) is 3. The Kier molecular flexibility index (Phi) is 10.6. The molecule has 1 atom stereocenters. The van der Waals surface area contributed by atoms with Crippen LogP contribution in [0, 0.1) is 0 Å². The van der Waals surface area contributed by atoms with Crippen molar-refractivity contribution < 1.29 is 14.7 Å². The summed E-state index contributed by atoms with van der Waals surface area (Å²) in [4.78, 5) is 23.9. The number of nitrogens with one attached hydrogen (secondary N) is 1. The zero-order chi connectivity index (χ0) is 13.4. The first-order chi connectivity index (χ1) is 7.90. The van der Waals surface area contributed by atoms with E-state index in [2.05, 4.69) is 16.8 Å². The number of hydrogen-bond donors (Lipinski definition) is 2. The topological polar surface area (TPSA) is 69.6 Å². The monoisotopic (exact) mass is 278 g/mol. The van der Waals surface area contributed by atoms with Gasteiger partial charge >= 0.3 is 5.97 Å². The number of amides is 1. The Hall–Kier alpha value is -1.07. The molecule has 0 rings (SSSR count). The summed E-state index contributed by atoms with van der Waals surface area (Å²) < 4.78 is 0. The highest BCUT2D eigenvalue weighted by atomic mass is 35.5. The molecule has 0 spiro atoms. The molecule has 1 unspecified atom stereocenters. The molecule has 0 aliphatic rings. The van der Waals surface area contributed by atoms with Crippen molar-refractivity contribution in [1.29, 1.82) is 0 Å². The van der Waals surface area contributed by atoms with E-state index in [1.54, 1.807) is 0 Å². The number of nitrogens with zero attached hydrogens (tertiary/aromatic N) is 1. The van der Waals surface area contributed by atoms with E-state index in [1.165, 1.54) is 6.92 Å². The molecular formula is C12H23ClN2O3. The highest BCUT2D eigenvalue weighted by Gasteiger charge is 2.17. The molecule has 18 heavy (non-hydrogen) atoms. The van der Waals surface area contributed by atoms with Crippen LogP contribution in [0.25, 0.3) is 0 Å². The Morgan fingerprint density at radius 3 is 2.17 bits per heavy atom. The third kappa shape index (κ3) is 8.08. The number of aliphatic carboxylic acids is 1. The van der Waals surface area contributed by atoms with E-state index in [4.69, 9.17) is 5.11 Å². The molecule has 0 aromatic rings. The van der Waals surface area contributed by atoms with Crippen LogP contribution < -0.4 is 5.32 Å². The zero-order valence-electron chi connectivity index (χ0n) is 11.2.